The van der Waals surface area contributed by atoms with Crippen molar-refractivity contribution in [3.05, 3.63) is 11.9 Å². The second kappa shape index (κ2) is 4.13. The van der Waals surface area contributed by atoms with E-state index in [4.69, 9.17) is 5.11 Å². The van der Waals surface area contributed by atoms with Crippen LogP contribution in [-0.2, 0) is 0 Å². The van der Waals surface area contributed by atoms with E-state index < -0.39 is 0 Å². The first-order valence-corrected chi connectivity index (χ1v) is 4.16. The minimum Gasteiger partial charge on any atom is -0.394 e. The second-order valence-electron chi connectivity index (χ2n) is 2.35. The zero-order valence-corrected chi connectivity index (χ0v) is 7.34. The van der Waals surface area contributed by atoms with Gasteiger partial charge in [0.1, 0.15) is 0 Å². The summed E-state index contributed by atoms with van der Waals surface area (Å²) in [6.45, 7) is 1.63. The van der Waals surface area contributed by atoms with Crippen LogP contribution < -0.4 is 5.32 Å². The molecule has 0 radical (unpaired) electrons. The first-order chi connectivity index (χ1) is 5.74. The molecular formula is C6H9N3O2S. The molecule has 0 aromatic carbocycles. The van der Waals surface area contributed by atoms with Gasteiger partial charge in [0.2, 0.25) is 0 Å². The minimum atomic E-state index is -0.301. The maximum absolute atomic E-state index is 11.2. The Kier molecular flexibility index (Phi) is 3.12. The van der Waals surface area contributed by atoms with Crippen molar-refractivity contribution in [1.29, 1.82) is 0 Å². The largest absolute Gasteiger partial charge is 0.394 e. The van der Waals surface area contributed by atoms with Crippen LogP contribution in [0.25, 0.3) is 0 Å². The Morgan fingerprint density at radius 3 is 3.17 bits per heavy atom. The lowest BCUT2D eigenvalue weighted by atomic mass is 10.3. The van der Waals surface area contributed by atoms with Crippen molar-refractivity contribution in [3.63, 3.8) is 0 Å². The summed E-state index contributed by atoms with van der Waals surface area (Å²) in [5.41, 5.74) is 0.292. The van der Waals surface area contributed by atoms with Gasteiger partial charge in [0.05, 0.1) is 24.5 Å². The van der Waals surface area contributed by atoms with E-state index in [1.54, 1.807) is 6.92 Å². The Bertz CT molecular complexity index is 249. The Labute approximate surface area is 73.8 Å². The molecule has 0 spiro atoms. The number of aliphatic hydroxyl groups is 1. The predicted octanol–water partition coefficient (Wildman–Crippen LogP) is -0.351. The van der Waals surface area contributed by atoms with Gasteiger partial charge in [-0.2, -0.15) is 8.75 Å². The maximum Gasteiger partial charge on any atom is 0.272 e. The molecule has 0 saturated carbocycles. The van der Waals surface area contributed by atoms with Crippen molar-refractivity contribution in [2.24, 2.45) is 0 Å². The summed E-state index contributed by atoms with van der Waals surface area (Å²) in [7, 11) is 0. The van der Waals surface area contributed by atoms with Crippen LogP contribution >= 0.6 is 11.7 Å². The Hall–Kier alpha value is -1.01. The van der Waals surface area contributed by atoms with Gasteiger partial charge >= 0.3 is 0 Å². The molecule has 1 rings (SSSR count). The van der Waals surface area contributed by atoms with Crippen LogP contribution in [0.15, 0.2) is 6.20 Å². The van der Waals surface area contributed by atoms with Crippen molar-refractivity contribution < 1.29 is 9.90 Å². The van der Waals surface area contributed by atoms with Crippen molar-refractivity contribution in [1.82, 2.24) is 14.1 Å². The summed E-state index contributed by atoms with van der Waals surface area (Å²) in [5, 5.41) is 11.2. The van der Waals surface area contributed by atoms with Crippen molar-refractivity contribution in [2.45, 2.75) is 13.0 Å². The first-order valence-electron chi connectivity index (χ1n) is 3.43. The van der Waals surface area contributed by atoms with E-state index in [0.29, 0.717) is 5.69 Å². The molecule has 1 atom stereocenters. The highest BCUT2D eigenvalue weighted by Gasteiger charge is 2.10. The van der Waals surface area contributed by atoms with Gasteiger partial charge in [-0.1, -0.05) is 0 Å². The van der Waals surface area contributed by atoms with Crippen LogP contribution in [0.1, 0.15) is 17.4 Å². The smallest absolute Gasteiger partial charge is 0.272 e. The van der Waals surface area contributed by atoms with Crippen molar-refractivity contribution in [2.75, 3.05) is 6.61 Å². The van der Waals surface area contributed by atoms with Crippen molar-refractivity contribution in [3.8, 4) is 0 Å². The molecule has 1 unspecified atom stereocenters. The van der Waals surface area contributed by atoms with E-state index in [1.807, 2.05) is 0 Å². The van der Waals surface area contributed by atoms with Crippen LogP contribution in [0.2, 0.25) is 0 Å². The number of aliphatic hydroxyl groups excluding tert-OH is 1. The SMILES string of the molecule is CC(CO)NC(=O)c1cnsn1. The number of amides is 1. The lowest BCUT2D eigenvalue weighted by Gasteiger charge is -2.07. The van der Waals surface area contributed by atoms with Crippen LogP contribution in [0.3, 0.4) is 0 Å². The summed E-state index contributed by atoms with van der Waals surface area (Å²) >= 11 is 0.979. The van der Waals surface area contributed by atoms with Crippen LogP contribution in [0.4, 0.5) is 0 Å². The summed E-state index contributed by atoms with van der Waals surface area (Å²) in [6.07, 6.45) is 1.39. The molecule has 0 aliphatic rings. The van der Waals surface area contributed by atoms with E-state index in [-0.39, 0.29) is 18.6 Å². The molecule has 2 N–H and O–H groups in total. The second-order valence-corrected chi connectivity index (χ2v) is 2.91. The normalized spacial score (nSPS) is 12.5. The topological polar surface area (TPSA) is 75.1 Å². The van der Waals surface area contributed by atoms with Crippen LogP contribution in [0.5, 0.6) is 0 Å². The molecule has 0 saturated heterocycles. The average Bonchev–Trinajstić information content (AvgIpc) is 2.56. The van der Waals surface area contributed by atoms with Crippen molar-refractivity contribution >= 4 is 17.6 Å². The predicted molar refractivity (Wildman–Crippen MR) is 43.9 cm³/mol. The quantitative estimate of drug-likeness (QED) is 0.678. The molecule has 5 nitrogen and oxygen atoms in total. The van der Waals surface area contributed by atoms with Crippen LogP contribution in [0, 0.1) is 0 Å². The zero-order chi connectivity index (χ0) is 8.97. The molecule has 1 amide bonds. The van der Waals surface area contributed by atoms with E-state index in [2.05, 4.69) is 14.1 Å². The summed E-state index contributed by atoms with van der Waals surface area (Å²) in [4.78, 5) is 11.2. The molecule has 1 aromatic rings. The van der Waals surface area contributed by atoms with Gasteiger partial charge in [-0.25, -0.2) is 0 Å². The number of aromatic nitrogens is 2. The molecule has 6 heteroatoms. The highest BCUT2D eigenvalue weighted by molar-refractivity contribution is 6.99. The number of nitrogens with one attached hydrogen (secondary N) is 1. The third-order valence-electron chi connectivity index (χ3n) is 1.25. The lowest BCUT2D eigenvalue weighted by Crippen LogP contribution is -2.35. The summed E-state index contributed by atoms with van der Waals surface area (Å²) < 4.78 is 7.42. The third-order valence-corrected chi connectivity index (χ3v) is 1.72. The maximum atomic E-state index is 11.2. The van der Waals surface area contributed by atoms with Gasteiger partial charge in [0.15, 0.2) is 5.69 Å². The number of nitrogens with zero attached hydrogens (tertiary/aromatic N) is 2. The van der Waals surface area contributed by atoms with Gasteiger partial charge in [-0.05, 0) is 6.92 Å². The monoisotopic (exact) mass is 187 g/mol. The molecule has 1 aromatic heterocycles. The molecule has 0 fully saturated rings. The minimum absolute atomic E-state index is 0.0801. The average molecular weight is 187 g/mol. The molecule has 0 aliphatic heterocycles. The van der Waals surface area contributed by atoms with Gasteiger partial charge < -0.3 is 10.4 Å². The molecule has 66 valence electrons. The summed E-state index contributed by atoms with van der Waals surface area (Å²) in [6, 6.07) is -0.251. The fourth-order valence-electron chi connectivity index (χ4n) is 0.608. The highest BCUT2D eigenvalue weighted by atomic mass is 32.1. The Balaban J connectivity index is 2.50. The summed E-state index contributed by atoms with van der Waals surface area (Å²) in [5.74, 6) is -0.301. The van der Waals surface area contributed by atoms with Gasteiger partial charge in [-0.3, -0.25) is 4.79 Å². The van der Waals surface area contributed by atoms with E-state index in [9.17, 15) is 4.79 Å². The number of rotatable bonds is 3. The standard InChI is InChI=1S/C6H9N3O2S/c1-4(3-10)8-6(11)5-2-7-12-9-5/h2,4,10H,3H2,1H3,(H,8,11). The lowest BCUT2D eigenvalue weighted by molar-refractivity contribution is 0.0918. The molecular weight excluding hydrogens is 178 g/mol. The Morgan fingerprint density at radius 2 is 2.67 bits per heavy atom. The highest BCUT2D eigenvalue weighted by Crippen LogP contribution is 1.95. The molecule has 1 heterocycles. The van der Waals surface area contributed by atoms with Gasteiger partial charge in [0.25, 0.3) is 5.91 Å². The number of carbonyl (C=O) groups excluding carboxylic acids is 1. The van der Waals surface area contributed by atoms with E-state index in [0.717, 1.165) is 11.7 Å². The first kappa shape index (κ1) is 9.08. The van der Waals surface area contributed by atoms with Gasteiger partial charge in [0, 0.05) is 6.04 Å². The van der Waals surface area contributed by atoms with E-state index >= 15 is 0 Å². The molecule has 0 bridgehead atoms. The number of hydrogen-bond acceptors (Lipinski definition) is 5. The molecule has 0 aliphatic carbocycles. The molecule has 12 heavy (non-hydrogen) atoms. The Morgan fingerprint density at radius 1 is 1.92 bits per heavy atom. The number of carbonyl (C=O) groups is 1. The third kappa shape index (κ3) is 2.24. The number of hydrogen-bond donors (Lipinski definition) is 2. The zero-order valence-electron chi connectivity index (χ0n) is 6.52. The van der Waals surface area contributed by atoms with Gasteiger partial charge in [-0.15, -0.1) is 0 Å². The fraction of sp³-hybridized carbons (Fsp3) is 0.500. The fourth-order valence-corrected chi connectivity index (χ4v) is 1.02. The van der Waals surface area contributed by atoms with E-state index in [1.165, 1.54) is 6.20 Å². The van der Waals surface area contributed by atoms with Crippen LogP contribution in [-0.4, -0.2) is 32.4 Å².